The van der Waals surface area contributed by atoms with E-state index in [1.165, 1.54) is 6.42 Å². The average Bonchev–Trinajstić information content (AvgIpc) is 2.92. The minimum absolute atomic E-state index is 0.0306. The van der Waals surface area contributed by atoms with Gasteiger partial charge in [-0.25, -0.2) is 9.50 Å². The summed E-state index contributed by atoms with van der Waals surface area (Å²) in [6.45, 7) is 10.0. The molecular formula is C17H24N4O. The molecule has 2 aromatic rings. The number of aryl methyl sites for hydroxylation is 1. The quantitative estimate of drug-likeness (QED) is 0.813. The number of piperidine rings is 1. The number of hydrogen-bond acceptors (Lipinski definition) is 3. The molecule has 118 valence electrons. The Morgan fingerprint density at radius 3 is 2.45 bits per heavy atom. The maximum absolute atomic E-state index is 12.6. The highest BCUT2D eigenvalue weighted by molar-refractivity contribution is 5.93. The van der Waals surface area contributed by atoms with Crippen LogP contribution in [0.2, 0.25) is 0 Å². The largest absolute Gasteiger partial charge is 0.337 e. The van der Waals surface area contributed by atoms with E-state index in [4.69, 9.17) is 0 Å². The Labute approximate surface area is 131 Å². The van der Waals surface area contributed by atoms with Crippen LogP contribution in [0.25, 0.3) is 5.65 Å². The van der Waals surface area contributed by atoms with E-state index in [0.717, 1.165) is 43.0 Å². The summed E-state index contributed by atoms with van der Waals surface area (Å²) in [5, 5.41) is 4.63. The summed E-state index contributed by atoms with van der Waals surface area (Å²) in [5.74, 6) is 0.0452. The molecule has 1 saturated heterocycles. The lowest BCUT2D eigenvalue weighted by molar-refractivity contribution is 0.0718. The van der Waals surface area contributed by atoms with Gasteiger partial charge in [0.05, 0.1) is 5.69 Å². The van der Waals surface area contributed by atoms with Gasteiger partial charge in [-0.15, -0.1) is 0 Å². The zero-order valence-corrected chi connectivity index (χ0v) is 13.9. The lowest BCUT2D eigenvalue weighted by Gasteiger charge is -2.26. The molecule has 0 unspecified atom stereocenters. The zero-order chi connectivity index (χ0) is 15.9. The van der Waals surface area contributed by atoms with Crippen molar-refractivity contribution in [2.75, 3.05) is 13.1 Å². The third-order valence-electron chi connectivity index (χ3n) is 4.24. The molecule has 22 heavy (non-hydrogen) atoms. The fraction of sp³-hybridized carbons (Fsp3) is 0.588. The number of nitrogens with zero attached hydrogens (tertiary/aromatic N) is 4. The van der Waals surface area contributed by atoms with Crippen LogP contribution in [0.3, 0.4) is 0 Å². The highest BCUT2D eigenvalue weighted by Crippen LogP contribution is 2.22. The van der Waals surface area contributed by atoms with Crippen molar-refractivity contribution in [3.05, 3.63) is 29.2 Å². The SMILES string of the molecule is Cc1cc(C(=O)N2CCCCC2)nc2cc(C(C)(C)C)nn12. The van der Waals surface area contributed by atoms with Crippen molar-refractivity contribution in [2.24, 2.45) is 0 Å². The molecule has 2 aromatic heterocycles. The van der Waals surface area contributed by atoms with E-state index in [9.17, 15) is 4.79 Å². The standard InChI is InChI=1S/C17H24N4O/c1-12-10-13(16(22)20-8-6-5-7-9-20)18-15-11-14(17(2,3)4)19-21(12)15/h10-11H,5-9H2,1-4H3. The first-order valence-corrected chi connectivity index (χ1v) is 8.03. The minimum Gasteiger partial charge on any atom is -0.337 e. The lowest BCUT2D eigenvalue weighted by atomic mass is 9.93. The molecule has 1 aliphatic heterocycles. The molecule has 0 N–H and O–H groups in total. The van der Waals surface area contributed by atoms with Crippen LogP contribution in [0, 0.1) is 6.92 Å². The van der Waals surface area contributed by atoms with Crippen LogP contribution in [-0.2, 0) is 5.41 Å². The highest BCUT2D eigenvalue weighted by Gasteiger charge is 2.22. The van der Waals surface area contributed by atoms with E-state index in [1.807, 2.05) is 28.5 Å². The molecule has 5 nitrogen and oxygen atoms in total. The summed E-state index contributed by atoms with van der Waals surface area (Å²) in [4.78, 5) is 19.1. The van der Waals surface area contributed by atoms with Crippen molar-refractivity contribution in [3.8, 4) is 0 Å². The van der Waals surface area contributed by atoms with Gasteiger partial charge in [-0.1, -0.05) is 20.8 Å². The fourth-order valence-corrected chi connectivity index (χ4v) is 2.86. The second-order valence-electron chi connectivity index (χ2n) is 7.19. The predicted octanol–water partition coefficient (Wildman–Crippen LogP) is 2.96. The molecule has 5 heteroatoms. The van der Waals surface area contributed by atoms with Crippen LogP contribution in [0.5, 0.6) is 0 Å². The van der Waals surface area contributed by atoms with E-state index >= 15 is 0 Å². The number of carbonyl (C=O) groups excluding carboxylic acids is 1. The maximum atomic E-state index is 12.6. The van der Waals surface area contributed by atoms with Crippen LogP contribution < -0.4 is 0 Å². The Morgan fingerprint density at radius 2 is 1.82 bits per heavy atom. The van der Waals surface area contributed by atoms with Crippen molar-refractivity contribution in [3.63, 3.8) is 0 Å². The maximum Gasteiger partial charge on any atom is 0.272 e. The van der Waals surface area contributed by atoms with Crippen LogP contribution in [0.4, 0.5) is 0 Å². The van der Waals surface area contributed by atoms with Gasteiger partial charge in [-0.2, -0.15) is 5.10 Å². The van der Waals surface area contributed by atoms with Crippen LogP contribution >= 0.6 is 0 Å². The summed E-state index contributed by atoms with van der Waals surface area (Å²) in [5.41, 5.74) is 3.20. The van der Waals surface area contributed by atoms with Crippen molar-refractivity contribution < 1.29 is 4.79 Å². The molecule has 3 heterocycles. The molecule has 0 atom stereocenters. The molecule has 1 amide bonds. The summed E-state index contributed by atoms with van der Waals surface area (Å²) in [7, 11) is 0. The van der Waals surface area contributed by atoms with E-state index in [0.29, 0.717) is 5.69 Å². The molecule has 0 aliphatic carbocycles. The van der Waals surface area contributed by atoms with E-state index in [2.05, 4.69) is 30.9 Å². The van der Waals surface area contributed by atoms with Gasteiger partial charge in [-0.3, -0.25) is 4.79 Å². The first kappa shape index (κ1) is 15.0. The topological polar surface area (TPSA) is 50.5 Å². The van der Waals surface area contributed by atoms with E-state index in [-0.39, 0.29) is 11.3 Å². The summed E-state index contributed by atoms with van der Waals surface area (Å²) in [6.07, 6.45) is 3.40. The third-order valence-corrected chi connectivity index (χ3v) is 4.24. The van der Waals surface area contributed by atoms with Crippen molar-refractivity contribution in [2.45, 2.75) is 52.4 Å². The second-order valence-corrected chi connectivity index (χ2v) is 7.19. The van der Waals surface area contributed by atoms with Crippen LogP contribution in [0.1, 0.15) is 61.9 Å². The number of hydrogen-bond donors (Lipinski definition) is 0. The monoisotopic (exact) mass is 300 g/mol. The number of fused-ring (bicyclic) bond motifs is 1. The second kappa shape index (κ2) is 5.38. The van der Waals surface area contributed by atoms with Gasteiger partial charge in [0, 0.05) is 30.3 Å². The Hall–Kier alpha value is -1.91. The molecule has 3 rings (SSSR count). The molecule has 1 fully saturated rings. The smallest absolute Gasteiger partial charge is 0.272 e. The third kappa shape index (κ3) is 2.72. The Kier molecular flexibility index (Phi) is 3.67. The predicted molar refractivity (Wildman–Crippen MR) is 86.2 cm³/mol. The number of likely N-dealkylation sites (tertiary alicyclic amines) is 1. The van der Waals surface area contributed by atoms with Crippen LogP contribution in [-0.4, -0.2) is 38.5 Å². The summed E-state index contributed by atoms with van der Waals surface area (Å²) >= 11 is 0. The van der Waals surface area contributed by atoms with Gasteiger partial charge in [0.1, 0.15) is 5.69 Å². The molecule has 0 radical (unpaired) electrons. The first-order chi connectivity index (χ1) is 10.4. The molecule has 1 aliphatic rings. The van der Waals surface area contributed by atoms with E-state index < -0.39 is 0 Å². The Bertz CT molecular complexity index is 705. The molecule has 0 saturated carbocycles. The van der Waals surface area contributed by atoms with Gasteiger partial charge in [0.25, 0.3) is 5.91 Å². The summed E-state index contributed by atoms with van der Waals surface area (Å²) < 4.78 is 1.83. The molecule has 0 aromatic carbocycles. The number of amides is 1. The molecular weight excluding hydrogens is 276 g/mol. The van der Waals surface area contributed by atoms with Crippen molar-refractivity contribution in [1.29, 1.82) is 0 Å². The van der Waals surface area contributed by atoms with Gasteiger partial charge < -0.3 is 4.90 Å². The van der Waals surface area contributed by atoms with Gasteiger partial charge in [0.2, 0.25) is 0 Å². The van der Waals surface area contributed by atoms with Crippen molar-refractivity contribution in [1.82, 2.24) is 19.5 Å². The molecule has 0 bridgehead atoms. The number of aromatic nitrogens is 3. The Morgan fingerprint density at radius 1 is 1.14 bits per heavy atom. The molecule has 0 spiro atoms. The van der Waals surface area contributed by atoms with E-state index in [1.54, 1.807) is 0 Å². The van der Waals surface area contributed by atoms with Crippen molar-refractivity contribution >= 4 is 11.6 Å². The fourth-order valence-electron chi connectivity index (χ4n) is 2.86. The average molecular weight is 300 g/mol. The van der Waals surface area contributed by atoms with Gasteiger partial charge in [-0.05, 0) is 32.3 Å². The zero-order valence-electron chi connectivity index (χ0n) is 13.9. The number of rotatable bonds is 1. The minimum atomic E-state index is -0.0306. The number of carbonyl (C=O) groups is 1. The van der Waals surface area contributed by atoms with Gasteiger partial charge in [0.15, 0.2) is 5.65 Å². The normalized spacial score (nSPS) is 16.3. The lowest BCUT2D eigenvalue weighted by Crippen LogP contribution is -2.36. The first-order valence-electron chi connectivity index (χ1n) is 8.03. The Balaban J connectivity index is 1.99. The summed E-state index contributed by atoms with van der Waals surface area (Å²) in [6, 6.07) is 3.84. The van der Waals surface area contributed by atoms with Crippen LogP contribution in [0.15, 0.2) is 12.1 Å². The van der Waals surface area contributed by atoms with Gasteiger partial charge >= 0.3 is 0 Å². The highest BCUT2D eigenvalue weighted by atomic mass is 16.2.